The number of aliphatic hydroxyl groups is 1. The molecule has 1 fully saturated rings. The first-order valence-corrected chi connectivity index (χ1v) is 13.8. The van der Waals surface area contributed by atoms with Crippen LogP contribution in [0.1, 0.15) is 72.7 Å². The van der Waals surface area contributed by atoms with E-state index in [0.717, 1.165) is 73.3 Å². The number of aliphatic hydroxyl groups excluding tert-OH is 1. The molecule has 2 aliphatic rings. The van der Waals surface area contributed by atoms with Crippen LogP contribution in [0.5, 0.6) is 0 Å². The highest BCUT2D eigenvalue weighted by atomic mass is 35.5. The lowest BCUT2D eigenvalue weighted by Crippen LogP contribution is -2.32. The lowest BCUT2D eigenvalue weighted by molar-refractivity contribution is -0.142. The number of likely N-dealkylation sites (tertiary alicyclic amines) is 1. The number of halogens is 1. The molecule has 1 saturated heterocycles. The minimum absolute atomic E-state index is 0.534. The summed E-state index contributed by atoms with van der Waals surface area (Å²) in [5, 5.41) is 21.1. The maximum Gasteiger partial charge on any atom is 0.313 e. The Labute approximate surface area is 229 Å². The van der Waals surface area contributed by atoms with Crippen LogP contribution in [0.15, 0.2) is 66.4 Å². The van der Waals surface area contributed by atoms with E-state index in [1.807, 2.05) is 42.6 Å². The summed E-state index contributed by atoms with van der Waals surface area (Å²) in [6.45, 7) is 6.51. The highest BCUT2D eigenvalue weighted by molar-refractivity contribution is 6.30. The highest BCUT2D eigenvalue weighted by Crippen LogP contribution is 2.41. The van der Waals surface area contributed by atoms with E-state index in [1.54, 1.807) is 13.8 Å². The quantitative estimate of drug-likeness (QED) is 0.396. The molecule has 5 rings (SSSR count). The molecule has 1 aliphatic carbocycles. The van der Waals surface area contributed by atoms with Crippen LogP contribution in [0, 0.1) is 0 Å². The van der Waals surface area contributed by atoms with Crippen LogP contribution >= 0.6 is 11.6 Å². The summed E-state index contributed by atoms with van der Waals surface area (Å²) in [7, 11) is 0. The number of carboxylic acid groups (broad SMARTS) is 1. The van der Waals surface area contributed by atoms with Gasteiger partial charge in [-0.2, -0.15) is 0 Å². The molecule has 0 bridgehead atoms. The average Bonchev–Trinajstić information content (AvgIpc) is 3.03. The van der Waals surface area contributed by atoms with Crippen LogP contribution < -0.4 is 0 Å². The fraction of sp³-hybridized carbons (Fsp3) is 0.375. The summed E-state index contributed by atoms with van der Waals surface area (Å²) >= 11 is 6.33. The van der Waals surface area contributed by atoms with E-state index in [-0.39, 0.29) is 0 Å². The van der Waals surface area contributed by atoms with E-state index in [4.69, 9.17) is 16.6 Å². The number of aliphatic carboxylic acids is 1. The van der Waals surface area contributed by atoms with Gasteiger partial charge in [-0.3, -0.25) is 9.78 Å². The summed E-state index contributed by atoms with van der Waals surface area (Å²) in [4.78, 5) is 18.8. The lowest BCUT2D eigenvalue weighted by atomic mass is 9.84. The van der Waals surface area contributed by atoms with Crippen LogP contribution in [0.2, 0.25) is 5.02 Å². The van der Waals surface area contributed by atoms with Gasteiger partial charge in [0.1, 0.15) is 0 Å². The van der Waals surface area contributed by atoms with E-state index < -0.39 is 17.5 Å². The summed E-state index contributed by atoms with van der Waals surface area (Å²) < 4.78 is 0. The Bertz CT molecular complexity index is 1350. The molecular weight excluding hydrogens is 496 g/mol. The third-order valence-electron chi connectivity index (χ3n) is 8.15. The Hall–Kier alpha value is -2.99. The molecule has 0 amide bonds. The molecular formula is C32H35ClN2O3. The molecule has 3 aromatic rings. The van der Waals surface area contributed by atoms with Crippen LogP contribution in [0.3, 0.4) is 0 Å². The average molecular weight is 531 g/mol. The molecule has 6 heteroatoms. The number of aromatic nitrogens is 1. The van der Waals surface area contributed by atoms with E-state index in [9.17, 15) is 15.0 Å². The topological polar surface area (TPSA) is 73.7 Å². The number of nitrogens with zero attached hydrogens (tertiary/aromatic N) is 2. The number of fused-ring (bicyclic) bond motifs is 2. The molecule has 1 atom stereocenters. The van der Waals surface area contributed by atoms with Gasteiger partial charge in [-0.25, -0.2) is 0 Å². The van der Waals surface area contributed by atoms with Gasteiger partial charge in [0.15, 0.2) is 0 Å². The number of aryl methyl sites for hydroxylation is 1. The zero-order valence-electron chi connectivity index (χ0n) is 22.1. The molecule has 2 aromatic carbocycles. The zero-order chi connectivity index (χ0) is 26.9. The van der Waals surface area contributed by atoms with Crippen molar-refractivity contribution in [3.63, 3.8) is 0 Å². The molecule has 1 aromatic heterocycles. The Morgan fingerprint density at radius 2 is 1.84 bits per heavy atom. The van der Waals surface area contributed by atoms with Crippen molar-refractivity contribution < 1.29 is 15.0 Å². The van der Waals surface area contributed by atoms with Gasteiger partial charge < -0.3 is 15.1 Å². The monoisotopic (exact) mass is 530 g/mol. The number of carboxylic acids is 1. The first-order chi connectivity index (χ1) is 18.2. The second-order valence-electron chi connectivity index (χ2n) is 11.0. The van der Waals surface area contributed by atoms with Gasteiger partial charge in [-0.1, -0.05) is 53.6 Å². The van der Waals surface area contributed by atoms with Crippen molar-refractivity contribution >= 4 is 23.1 Å². The van der Waals surface area contributed by atoms with Crippen molar-refractivity contribution in [3.8, 4) is 0 Å². The van der Waals surface area contributed by atoms with Gasteiger partial charge in [0.05, 0.1) is 17.2 Å². The molecule has 1 unspecified atom stereocenters. The first kappa shape index (κ1) is 26.6. The minimum atomic E-state index is -0.878. The first-order valence-electron chi connectivity index (χ1n) is 13.4. The largest absolute Gasteiger partial charge is 0.481 e. The van der Waals surface area contributed by atoms with E-state index in [2.05, 4.69) is 23.1 Å². The number of carbonyl (C=O) groups is 1. The van der Waals surface area contributed by atoms with Crippen molar-refractivity contribution in [1.82, 2.24) is 9.88 Å². The predicted octanol–water partition coefficient (Wildman–Crippen LogP) is 6.22. The summed E-state index contributed by atoms with van der Waals surface area (Å²) in [6, 6.07) is 17.9. The number of pyridine rings is 1. The molecule has 198 valence electrons. The Kier molecular flexibility index (Phi) is 7.71. The van der Waals surface area contributed by atoms with Crippen LogP contribution in [0.25, 0.3) is 5.57 Å². The van der Waals surface area contributed by atoms with E-state index in [1.165, 1.54) is 16.7 Å². The molecule has 2 heterocycles. The molecule has 38 heavy (non-hydrogen) atoms. The second kappa shape index (κ2) is 11.0. The van der Waals surface area contributed by atoms with Gasteiger partial charge in [0.25, 0.3) is 0 Å². The fourth-order valence-electron chi connectivity index (χ4n) is 5.69. The van der Waals surface area contributed by atoms with Gasteiger partial charge in [-0.05, 0) is 86.5 Å². The van der Waals surface area contributed by atoms with Crippen molar-refractivity contribution in [2.24, 2.45) is 0 Å². The molecule has 0 spiro atoms. The van der Waals surface area contributed by atoms with Gasteiger partial charge in [0.2, 0.25) is 0 Å². The van der Waals surface area contributed by atoms with Crippen molar-refractivity contribution in [3.05, 3.63) is 105 Å². The maximum absolute atomic E-state index is 11.5. The Balaban J connectivity index is 1.27. The molecule has 2 N–H and O–H groups in total. The van der Waals surface area contributed by atoms with Gasteiger partial charge in [0, 0.05) is 41.9 Å². The Morgan fingerprint density at radius 3 is 2.55 bits per heavy atom. The third kappa shape index (κ3) is 5.42. The minimum Gasteiger partial charge on any atom is -0.481 e. The smallest absolute Gasteiger partial charge is 0.313 e. The maximum atomic E-state index is 11.5. The van der Waals surface area contributed by atoms with Crippen molar-refractivity contribution in [2.75, 3.05) is 19.6 Å². The molecule has 0 saturated carbocycles. The van der Waals surface area contributed by atoms with Crippen molar-refractivity contribution in [1.29, 1.82) is 0 Å². The summed E-state index contributed by atoms with van der Waals surface area (Å²) in [5.41, 5.74) is 7.78. The number of piperidine rings is 1. The van der Waals surface area contributed by atoms with Crippen LogP contribution in [0.4, 0.5) is 0 Å². The molecule has 1 aliphatic heterocycles. The number of hydrogen-bond donors (Lipinski definition) is 2. The third-order valence-corrected chi connectivity index (χ3v) is 8.38. The van der Waals surface area contributed by atoms with E-state index >= 15 is 0 Å². The zero-order valence-corrected chi connectivity index (χ0v) is 22.8. The van der Waals surface area contributed by atoms with Gasteiger partial charge >= 0.3 is 5.97 Å². The number of benzene rings is 2. The molecule has 0 radical (unpaired) electrons. The second-order valence-corrected chi connectivity index (χ2v) is 11.4. The lowest BCUT2D eigenvalue weighted by Gasteiger charge is -2.30. The van der Waals surface area contributed by atoms with Crippen molar-refractivity contribution in [2.45, 2.75) is 57.5 Å². The summed E-state index contributed by atoms with van der Waals surface area (Å²) in [6.07, 6.45) is 5.74. The summed E-state index contributed by atoms with van der Waals surface area (Å²) in [5.74, 6) is -0.809. The fourth-order valence-corrected chi connectivity index (χ4v) is 5.88. The molecule has 5 nitrogen and oxygen atoms in total. The highest BCUT2D eigenvalue weighted by Gasteiger charge is 2.30. The predicted molar refractivity (Wildman–Crippen MR) is 151 cm³/mol. The normalized spacial score (nSPS) is 18.1. The van der Waals surface area contributed by atoms with Crippen LogP contribution in [-0.2, 0) is 23.1 Å². The Morgan fingerprint density at radius 1 is 1.11 bits per heavy atom. The SMILES string of the molecule is CC(C)(C(=O)O)c1ccc(CCCN2CCC(=C3c4ccc(Cl)cc4CC(O)c4cccnc43)CC2)cc1. The van der Waals surface area contributed by atoms with Gasteiger partial charge in [-0.15, -0.1) is 0 Å². The van der Waals surface area contributed by atoms with Crippen LogP contribution in [-0.4, -0.2) is 45.7 Å². The number of rotatable bonds is 6. The standard InChI is InChI=1S/C32H35ClN2O3/c1-32(2,31(37)38)24-9-7-21(8-10-24)5-4-16-35-17-13-22(14-18-35)29-26-12-11-25(33)19-23(26)20-28(36)27-6-3-15-34-30(27)29/h3,6-12,15,19,28,36H,4-5,13-14,16-18,20H2,1-2H3,(H,37,38). The van der Waals surface area contributed by atoms with E-state index in [0.29, 0.717) is 11.4 Å². The number of hydrogen-bond acceptors (Lipinski definition) is 4.